The first-order valence-corrected chi connectivity index (χ1v) is 8.41. The van der Waals surface area contributed by atoms with Gasteiger partial charge in [0, 0.05) is 28.8 Å². The third kappa shape index (κ3) is 3.55. The van der Waals surface area contributed by atoms with E-state index in [9.17, 15) is 8.78 Å². The Morgan fingerprint density at radius 3 is 2.19 bits per heavy atom. The maximum Gasteiger partial charge on any atom is 0.203 e. The van der Waals surface area contributed by atoms with Gasteiger partial charge < -0.3 is 19.5 Å². The zero-order valence-corrected chi connectivity index (χ0v) is 15.1. The number of hydrogen-bond donors (Lipinski definition) is 1. The lowest BCUT2D eigenvalue weighted by Crippen LogP contribution is -1.97. The second-order valence-corrected chi connectivity index (χ2v) is 6.06. The average molecular weight is 378 g/mol. The summed E-state index contributed by atoms with van der Waals surface area (Å²) in [5.74, 6) is -0.296. The molecule has 5 nitrogen and oxygen atoms in total. The van der Waals surface area contributed by atoms with Gasteiger partial charge in [0.2, 0.25) is 5.75 Å². The number of methoxy groups -OCH3 is 3. The Bertz CT molecular complexity index is 906. The summed E-state index contributed by atoms with van der Waals surface area (Å²) < 4.78 is 42.4. The van der Waals surface area contributed by atoms with Crippen LogP contribution in [0.25, 0.3) is 11.3 Å². The van der Waals surface area contributed by atoms with Crippen LogP contribution in [0.1, 0.15) is 0 Å². The second-order valence-electron chi connectivity index (χ2n) is 5.21. The van der Waals surface area contributed by atoms with Crippen molar-refractivity contribution in [3.05, 3.63) is 47.3 Å². The number of hydrogen-bond acceptors (Lipinski definition) is 6. The molecule has 1 aromatic heterocycles. The van der Waals surface area contributed by atoms with Gasteiger partial charge in [-0.05, 0) is 18.2 Å². The molecule has 2 aromatic carbocycles. The molecule has 0 aliphatic heterocycles. The minimum Gasteiger partial charge on any atom is -0.493 e. The minimum atomic E-state index is -0.908. The number of nitrogens with one attached hydrogen (secondary N) is 1. The third-order valence-corrected chi connectivity index (χ3v) is 4.39. The monoisotopic (exact) mass is 378 g/mol. The fourth-order valence-electron chi connectivity index (χ4n) is 2.40. The van der Waals surface area contributed by atoms with Crippen molar-refractivity contribution in [2.75, 3.05) is 26.6 Å². The lowest BCUT2D eigenvalue weighted by atomic mass is 10.2. The number of nitrogens with zero attached hydrogens (tertiary/aromatic N) is 1. The molecule has 136 valence electrons. The minimum absolute atomic E-state index is 0.488. The molecule has 0 aliphatic rings. The average Bonchev–Trinajstić information content (AvgIpc) is 3.11. The highest BCUT2D eigenvalue weighted by molar-refractivity contribution is 7.14. The number of ether oxygens (including phenoxy) is 3. The summed E-state index contributed by atoms with van der Waals surface area (Å²) in [5.41, 5.74) is 1.73. The van der Waals surface area contributed by atoms with E-state index in [1.54, 1.807) is 17.5 Å². The standard InChI is InChI=1S/C18H16F2N2O3S/c1-23-15-7-11(8-16(24-2)17(15)25-3)21-18-22-14(9-26-18)10-4-5-12(19)13(20)6-10/h4-9H,1-3H3,(H,21,22). The van der Waals surface area contributed by atoms with Gasteiger partial charge in [0.1, 0.15) is 0 Å². The van der Waals surface area contributed by atoms with Crippen LogP contribution in [0.2, 0.25) is 0 Å². The van der Waals surface area contributed by atoms with Gasteiger partial charge >= 0.3 is 0 Å². The highest BCUT2D eigenvalue weighted by Crippen LogP contribution is 2.41. The van der Waals surface area contributed by atoms with Gasteiger partial charge in [0.05, 0.1) is 27.0 Å². The SMILES string of the molecule is COc1cc(Nc2nc(-c3ccc(F)c(F)c3)cs2)cc(OC)c1OC. The van der Waals surface area contributed by atoms with E-state index in [0.29, 0.717) is 39.3 Å². The summed E-state index contributed by atoms with van der Waals surface area (Å²) in [6.07, 6.45) is 0. The van der Waals surface area contributed by atoms with Crippen molar-refractivity contribution in [3.8, 4) is 28.5 Å². The molecular formula is C18H16F2N2O3S. The molecule has 0 aliphatic carbocycles. The zero-order valence-electron chi connectivity index (χ0n) is 14.3. The first kappa shape index (κ1) is 17.9. The van der Waals surface area contributed by atoms with Gasteiger partial charge in [0.25, 0.3) is 0 Å². The van der Waals surface area contributed by atoms with E-state index >= 15 is 0 Å². The molecule has 1 N–H and O–H groups in total. The van der Waals surface area contributed by atoms with Crippen LogP contribution in [-0.2, 0) is 0 Å². The van der Waals surface area contributed by atoms with Gasteiger partial charge in [0.15, 0.2) is 28.3 Å². The topological polar surface area (TPSA) is 52.6 Å². The summed E-state index contributed by atoms with van der Waals surface area (Å²) >= 11 is 1.33. The Morgan fingerprint density at radius 1 is 0.923 bits per heavy atom. The predicted octanol–water partition coefficient (Wildman–Crippen LogP) is 4.86. The summed E-state index contributed by atoms with van der Waals surface area (Å²) in [7, 11) is 4.60. The molecule has 3 aromatic rings. The summed E-state index contributed by atoms with van der Waals surface area (Å²) in [4.78, 5) is 4.41. The Hall–Kier alpha value is -2.87. The van der Waals surface area contributed by atoms with Gasteiger partial charge in [-0.25, -0.2) is 13.8 Å². The van der Waals surface area contributed by atoms with Crippen molar-refractivity contribution in [1.29, 1.82) is 0 Å². The molecule has 0 spiro atoms. The van der Waals surface area contributed by atoms with E-state index in [0.717, 1.165) is 12.1 Å². The van der Waals surface area contributed by atoms with Crippen LogP contribution >= 0.6 is 11.3 Å². The molecule has 0 atom stereocenters. The van der Waals surface area contributed by atoms with E-state index in [1.165, 1.54) is 38.7 Å². The van der Waals surface area contributed by atoms with Gasteiger partial charge in [-0.2, -0.15) is 0 Å². The smallest absolute Gasteiger partial charge is 0.203 e. The van der Waals surface area contributed by atoms with Crippen LogP contribution in [0, 0.1) is 11.6 Å². The van der Waals surface area contributed by atoms with Crippen molar-refractivity contribution in [3.63, 3.8) is 0 Å². The molecule has 0 saturated carbocycles. The van der Waals surface area contributed by atoms with E-state index in [1.807, 2.05) is 0 Å². The van der Waals surface area contributed by atoms with E-state index in [-0.39, 0.29) is 0 Å². The number of halogens is 2. The molecule has 0 unspecified atom stereocenters. The quantitative estimate of drug-likeness (QED) is 0.664. The fourth-order valence-corrected chi connectivity index (χ4v) is 3.14. The molecule has 0 fully saturated rings. The Labute approximate surface area is 153 Å². The molecule has 26 heavy (non-hydrogen) atoms. The van der Waals surface area contributed by atoms with Crippen LogP contribution in [0.15, 0.2) is 35.7 Å². The molecule has 0 bridgehead atoms. The first-order valence-electron chi connectivity index (χ1n) is 7.53. The number of anilines is 2. The first-order chi connectivity index (χ1) is 12.5. The zero-order chi connectivity index (χ0) is 18.7. The number of rotatable bonds is 6. The second kappa shape index (κ2) is 7.57. The van der Waals surface area contributed by atoms with Crippen molar-refractivity contribution < 1.29 is 23.0 Å². The fraction of sp³-hybridized carbons (Fsp3) is 0.167. The van der Waals surface area contributed by atoms with E-state index in [4.69, 9.17) is 14.2 Å². The Morgan fingerprint density at radius 2 is 1.62 bits per heavy atom. The highest BCUT2D eigenvalue weighted by atomic mass is 32.1. The van der Waals surface area contributed by atoms with Gasteiger partial charge in [-0.3, -0.25) is 0 Å². The Kier molecular flexibility index (Phi) is 5.22. The highest BCUT2D eigenvalue weighted by Gasteiger charge is 2.14. The van der Waals surface area contributed by atoms with Crippen molar-refractivity contribution >= 4 is 22.2 Å². The molecule has 0 saturated heterocycles. The molecule has 8 heteroatoms. The van der Waals surface area contributed by atoms with Crippen LogP contribution in [0.4, 0.5) is 19.6 Å². The normalized spacial score (nSPS) is 10.5. The lowest BCUT2D eigenvalue weighted by Gasteiger charge is -2.14. The van der Waals surface area contributed by atoms with Crippen LogP contribution in [0.3, 0.4) is 0 Å². The maximum atomic E-state index is 13.4. The van der Waals surface area contributed by atoms with E-state index < -0.39 is 11.6 Å². The molecule has 3 rings (SSSR count). The summed E-state index contributed by atoms with van der Waals surface area (Å²) in [6.45, 7) is 0. The molecule has 0 amide bonds. The van der Waals surface area contributed by atoms with Crippen LogP contribution in [0.5, 0.6) is 17.2 Å². The van der Waals surface area contributed by atoms with Crippen LogP contribution in [-0.4, -0.2) is 26.3 Å². The summed E-state index contributed by atoms with van der Waals surface area (Å²) in [6, 6.07) is 7.18. The predicted molar refractivity (Wildman–Crippen MR) is 96.8 cm³/mol. The number of benzene rings is 2. The van der Waals surface area contributed by atoms with Crippen molar-refractivity contribution in [1.82, 2.24) is 4.98 Å². The number of thiazole rings is 1. The molecule has 1 heterocycles. The molecular weight excluding hydrogens is 362 g/mol. The largest absolute Gasteiger partial charge is 0.493 e. The van der Waals surface area contributed by atoms with Crippen molar-refractivity contribution in [2.45, 2.75) is 0 Å². The van der Waals surface area contributed by atoms with Crippen LogP contribution < -0.4 is 19.5 Å². The van der Waals surface area contributed by atoms with Crippen molar-refractivity contribution in [2.24, 2.45) is 0 Å². The lowest BCUT2D eigenvalue weighted by molar-refractivity contribution is 0.324. The maximum absolute atomic E-state index is 13.4. The number of aromatic nitrogens is 1. The molecule has 0 radical (unpaired) electrons. The third-order valence-electron chi connectivity index (χ3n) is 3.64. The Balaban J connectivity index is 1.88. The van der Waals surface area contributed by atoms with E-state index in [2.05, 4.69) is 10.3 Å². The van der Waals surface area contributed by atoms with Gasteiger partial charge in [-0.1, -0.05) is 0 Å². The van der Waals surface area contributed by atoms with Gasteiger partial charge in [-0.15, -0.1) is 11.3 Å². The summed E-state index contributed by atoms with van der Waals surface area (Å²) in [5, 5.41) is 5.48.